The molecule has 0 aliphatic heterocycles. The second-order valence-electron chi connectivity index (χ2n) is 5.44. The SMILES string of the molecule is COc1ccc(Cl)cc1-c1noc(-c2cc(-c3ccc(Cl)cc3)n[nH]2)n1. The first-order valence-corrected chi connectivity index (χ1v) is 8.39. The van der Waals surface area contributed by atoms with Crippen molar-refractivity contribution < 1.29 is 9.26 Å². The van der Waals surface area contributed by atoms with Crippen molar-refractivity contribution in [2.75, 3.05) is 7.11 Å². The molecule has 8 heteroatoms. The zero-order valence-electron chi connectivity index (χ0n) is 13.5. The summed E-state index contributed by atoms with van der Waals surface area (Å²) in [5.41, 5.74) is 2.92. The van der Waals surface area contributed by atoms with Gasteiger partial charge in [0, 0.05) is 15.6 Å². The van der Waals surface area contributed by atoms with Crippen LogP contribution in [0.15, 0.2) is 53.1 Å². The van der Waals surface area contributed by atoms with Crippen molar-refractivity contribution in [2.45, 2.75) is 0 Å². The van der Waals surface area contributed by atoms with E-state index in [0.29, 0.717) is 38.8 Å². The molecule has 0 atom stereocenters. The number of rotatable bonds is 4. The molecule has 2 aromatic carbocycles. The normalized spacial score (nSPS) is 10.9. The van der Waals surface area contributed by atoms with Crippen LogP contribution in [-0.4, -0.2) is 27.4 Å². The number of methoxy groups -OCH3 is 1. The van der Waals surface area contributed by atoms with E-state index in [1.165, 1.54) is 0 Å². The third kappa shape index (κ3) is 3.16. The first kappa shape index (κ1) is 16.6. The van der Waals surface area contributed by atoms with Gasteiger partial charge in [0.2, 0.25) is 5.82 Å². The van der Waals surface area contributed by atoms with Crippen LogP contribution >= 0.6 is 23.2 Å². The van der Waals surface area contributed by atoms with Gasteiger partial charge in [0.25, 0.3) is 5.89 Å². The second-order valence-corrected chi connectivity index (χ2v) is 6.31. The van der Waals surface area contributed by atoms with Gasteiger partial charge in [-0.2, -0.15) is 10.1 Å². The molecule has 0 bridgehead atoms. The Kier molecular flexibility index (Phi) is 4.36. The van der Waals surface area contributed by atoms with Crippen molar-refractivity contribution in [3.8, 4) is 40.0 Å². The molecule has 26 heavy (non-hydrogen) atoms. The number of ether oxygens (including phenoxy) is 1. The van der Waals surface area contributed by atoms with E-state index >= 15 is 0 Å². The van der Waals surface area contributed by atoms with E-state index in [1.54, 1.807) is 25.3 Å². The summed E-state index contributed by atoms with van der Waals surface area (Å²) in [5.74, 6) is 1.30. The van der Waals surface area contributed by atoms with E-state index in [2.05, 4.69) is 20.3 Å². The second kappa shape index (κ2) is 6.82. The lowest BCUT2D eigenvalue weighted by atomic mass is 10.1. The molecule has 130 valence electrons. The van der Waals surface area contributed by atoms with Crippen molar-refractivity contribution in [1.29, 1.82) is 0 Å². The predicted octanol–water partition coefficient (Wildman–Crippen LogP) is 5.11. The molecule has 2 aromatic heterocycles. The van der Waals surface area contributed by atoms with Crippen LogP contribution in [0.3, 0.4) is 0 Å². The number of aromatic nitrogens is 4. The number of hydrogen-bond donors (Lipinski definition) is 1. The van der Waals surface area contributed by atoms with Crippen molar-refractivity contribution in [1.82, 2.24) is 20.3 Å². The number of nitrogens with zero attached hydrogens (tertiary/aromatic N) is 3. The third-order valence-electron chi connectivity index (χ3n) is 3.78. The zero-order chi connectivity index (χ0) is 18.1. The maximum atomic E-state index is 6.06. The van der Waals surface area contributed by atoms with Crippen LogP contribution in [-0.2, 0) is 0 Å². The van der Waals surface area contributed by atoms with Crippen molar-refractivity contribution in [3.63, 3.8) is 0 Å². The van der Waals surface area contributed by atoms with Gasteiger partial charge < -0.3 is 9.26 Å². The number of benzene rings is 2. The summed E-state index contributed by atoms with van der Waals surface area (Å²) in [7, 11) is 1.57. The first-order valence-electron chi connectivity index (χ1n) is 7.63. The molecule has 6 nitrogen and oxygen atoms in total. The molecule has 0 spiro atoms. The molecule has 0 aliphatic rings. The van der Waals surface area contributed by atoms with Crippen LogP contribution in [0.25, 0.3) is 34.2 Å². The Labute approximate surface area is 158 Å². The van der Waals surface area contributed by atoms with Gasteiger partial charge in [0.15, 0.2) is 0 Å². The smallest absolute Gasteiger partial charge is 0.276 e. The molecule has 0 saturated heterocycles. The summed E-state index contributed by atoms with van der Waals surface area (Å²) < 4.78 is 10.7. The van der Waals surface area contributed by atoms with Crippen LogP contribution in [0, 0.1) is 0 Å². The fraction of sp³-hybridized carbons (Fsp3) is 0.0556. The fourth-order valence-electron chi connectivity index (χ4n) is 2.50. The first-order chi connectivity index (χ1) is 12.6. The molecule has 4 rings (SSSR count). The Morgan fingerprint density at radius 3 is 2.54 bits per heavy atom. The van der Waals surface area contributed by atoms with Gasteiger partial charge in [0.1, 0.15) is 11.4 Å². The third-order valence-corrected chi connectivity index (χ3v) is 4.26. The van der Waals surface area contributed by atoms with E-state index in [4.69, 9.17) is 32.5 Å². The van der Waals surface area contributed by atoms with Crippen LogP contribution in [0.2, 0.25) is 10.0 Å². The van der Waals surface area contributed by atoms with Gasteiger partial charge >= 0.3 is 0 Å². The molecule has 0 amide bonds. The molecule has 0 radical (unpaired) electrons. The number of halogens is 2. The summed E-state index contributed by atoms with van der Waals surface area (Å²) in [6.45, 7) is 0. The summed E-state index contributed by atoms with van der Waals surface area (Å²) in [6, 6.07) is 14.4. The lowest BCUT2D eigenvalue weighted by Gasteiger charge is -2.04. The molecular formula is C18H12Cl2N4O2. The molecule has 2 heterocycles. The highest BCUT2D eigenvalue weighted by atomic mass is 35.5. The molecule has 0 saturated carbocycles. The highest BCUT2D eigenvalue weighted by Gasteiger charge is 2.17. The lowest BCUT2D eigenvalue weighted by Crippen LogP contribution is -1.89. The molecular weight excluding hydrogens is 375 g/mol. The Balaban J connectivity index is 1.67. The molecule has 0 unspecified atom stereocenters. The fourth-order valence-corrected chi connectivity index (χ4v) is 2.80. The van der Waals surface area contributed by atoms with E-state index < -0.39 is 0 Å². The summed E-state index contributed by atoms with van der Waals surface area (Å²) >= 11 is 12.0. The maximum absolute atomic E-state index is 6.06. The Morgan fingerprint density at radius 1 is 1.00 bits per heavy atom. The monoisotopic (exact) mass is 386 g/mol. The van der Waals surface area contributed by atoms with Gasteiger partial charge in [-0.25, -0.2) is 0 Å². The Hall–Kier alpha value is -2.83. The minimum absolute atomic E-state index is 0.315. The summed E-state index contributed by atoms with van der Waals surface area (Å²) in [4.78, 5) is 4.41. The number of hydrogen-bond acceptors (Lipinski definition) is 5. The molecule has 0 aliphatic carbocycles. The van der Waals surface area contributed by atoms with Crippen LogP contribution in [0.5, 0.6) is 5.75 Å². The molecule has 1 N–H and O–H groups in total. The van der Waals surface area contributed by atoms with E-state index in [-0.39, 0.29) is 0 Å². The van der Waals surface area contributed by atoms with Crippen LogP contribution < -0.4 is 4.74 Å². The highest BCUT2D eigenvalue weighted by molar-refractivity contribution is 6.31. The Bertz CT molecular complexity index is 1060. The van der Waals surface area contributed by atoms with Crippen molar-refractivity contribution in [3.05, 3.63) is 58.6 Å². The minimum Gasteiger partial charge on any atom is -0.496 e. The summed E-state index contributed by atoms with van der Waals surface area (Å²) in [5, 5.41) is 12.4. The van der Waals surface area contributed by atoms with Gasteiger partial charge in [-0.15, -0.1) is 0 Å². The average Bonchev–Trinajstić information content (AvgIpc) is 3.32. The molecule has 4 aromatic rings. The lowest BCUT2D eigenvalue weighted by molar-refractivity contribution is 0.413. The highest BCUT2D eigenvalue weighted by Crippen LogP contribution is 2.32. The number of H-pyrrole nitrogens is 1. The van der Waals surface area contributed by atoms with Crippen LogP contribution in [0.1, 0.15) is 0 Å². The number of nitrogens with one attached hydrogen (secondary N) is 1. The van der Waals surface area contributed by atoms with E-state index in [1.807, 2.05) is 30.3 Å². The topological polar surface area (TPSA) is 76.8 Å². The minimum atomic E-state index is 0.315. The summed E-state index contributed by atoms with van der Waals surface area (Å²) in [6.07, 6.45) is 0. The van der Waals surface area contributed by atoms with Gasteiger partial charge in [-0.3, -0.25) is 5.10 Å². The van der Waals surface area contributed by atoms with E-state index in [0.717, 1.165) is 11.3 Å². The molecule has 0 fully saturated rings. The van der Waals surface area contributed by atoms with E-state index in [9.17, 15) is 0 Å². The van der Waals surface area contributed by atoms with Crippen LogP contribution in [0.4, 0.5) is 0 Å². The van der Waals surface area contributed by atoms with Crippen molar-refractivity contribution in [2.24, 2.45) is 0 Å². The quantitative estimate of drug-likeness (QED) is 0.527. The average molecular weight is 387 g/mol. The van der Waals surface area contributed by atoms with Crippen molar-refractivity contribution >= 4 is 23.2 Å². The number of aromatic amines is 1. The largest absolute Gasteiger partial charge is 0.496 e. The van der Waals surface area contributed by atoms with Gasteiger partial charge in [0.05, 0.1) is 18.4 Å². The van der Waals surface area contributed by atoms with Gasteiger partial charge in [-0.1, -0.05) is 40.5 Å². The standard InChI is InChI=1S/C18H12Cl2N4O2/c1-25-16-7-6-12(20)8-13(16)17-21-18(26-24-17)15-9-14(22-23-15)10-2-4-11(19)5-3-10/h2-9H,1H3,(H,22,23). The predicted molar refractivity (Wildman–Crippen MR) is 99.3 cm³/mol. The Morgan fingerprint density at radius 2 is 1.77 bits per heavy atom. The zero-order valence-corrected chi connectivity index (χ0v) is 15.0. The maximum Gasteiger partial charge on any atom is 0.276 e. The van der Waals surface area contributed by atoms with Gasteiger partial charge in [-0.05, 0) is 36.4 Å².